The zero-order chi connectivity index (χ0) is 54.3. The number of unbranched alkanes of at least 4 members (excludes halogenated alkanes) is 51. The highest BCUT2D eigenvalue weighted by Gasteiger charge is 2.18. The molecule has 0 spiro atoms. The average molecular weight is 1060 g/mol. The maximum Gasteiger partial charge on any atom is 0.305 e. The number of rotatable bonds is 64. The van der Waals surface area contributed by atoms with Gasteiger partial charge in [0.15, 0.2) is 0 Å². The van der Waals surface area contributed by atoms with Crippen LogP contribution in [0.5, 0.6) is 0 Å². The van der Waals surface area contributed by atoms with E-state index in [9.17, 15) is 19.8 Å². The molecule has 0 saturated carbocycles. The minimum atomic E-state index is -0.839. The van der Waals surface area contributed by atoms with Gasteiger partial charge in [0.1, 0.15) is 0 Å². The second-order valence-corrected chi connectivity index (χ2v) is 23.5. The van der Waals surface area contributed by atoms with Crippen LogP contribution in [0.25, 0.3) is 0 Å². The normalized spacial score (nSPS) is 12.6. The highest BCUT2D eigenvalue weighted by atomic mass is 16.5. The second-order valence-electron chi connectivity index (χ2n) is 23.5. The average Bonchev–Trinajstić information content (AvgIpc) is 3.41. The van der Waals surface area contributed by atoms with Crippen LogP contribution >= 0.6 is 0 Å². The van der Waals surface area contributed by atoms with E-state index in [4.69, 9.17) is 4.74 Å². The fourth-order valence-corrected chi connectivity index (χ4v) is 10.7. The summed E-state index contributed by atoms with van der Waals surface area (Å²) in [6.45, 7) is 4.91. The lowest BCUT2D eigenvalue weighted by atomic mass is 10.0. The monoisotopic (exact) mass is 1060 g/mol. The van der Waals surface area contributed by atoms with Crippen molar-refractivity contribution < 1.29 is 24.5 Å². The van der Waals surface area contributed by atoms with Crippen molar-refractivity contribution in [3.63, 3.8) is 0 Å². The number of aliphatic hydroxyl groups excluding tert-OH is 2. The Kier molecular flexibility index (Phi) is 63.4. The largest absolute Gasteiger partial charge is 0.466 e. The quantitative estimate of drug-likeness (QED) is 0.0320. The number of carbonyl (C=O) groups excluding carboxylic acids is 2. The molecule has 0 rings (SSSR count). The molecule has 2 atom stereocenters. The molecule has 0 aromatic heterocycles. The van der Waals surface area contributed by atoms with E-state index >= 15 is 0 Å². The van der Waals surface area contributed by atoms with Crippen LogP contribution in [0.3, 0.4) is 0 Å². The van der Waals surface area contributed by atoms with Crippen molar-refractivity contribution >= 4 is 11.9 Å². The molecule has 75 heavy (non-hydrogen) atoms. The Morgan fingerprint density at radius 3 is 0.947 bits per heavy atom. The first-order valence-electron chi connectivity index (χ1n) is 34.1. The fourth-order valence-electron chi connectivity index (χ4n) is 10.7. The molecule has 0 aromatic carbocycles. The van der Waals surface area contributed by atoms with Crippen molar-refractivity contribution in [1.82, 2.24) is 5.32 Å². The Balaban J connectivity index is 3.30. The van der Waals surface area contributed by atoms with E-state index in [0.717, 1.165) is 38.5 Å². The summed E-state index contributed by atoms with van der Waals surface area (Å²) in [6, 6.07) is -0.623. The van der Waals surface area contributed by atoms with Crippen LogP contribution in [0, 0.1) is 0 Å². The zero-order valence-corrected chi connectivity index (χ0v) is 50.8. The first-order chi connectivity index (χ1) is 37.0. The molecule has 0 heterocycles. The van der Waals surface area contributed by atoms with Crippen molar-refractivity contribution in [3.8, 4) is 0 Å². The van der Waals surface area contributed by atoms with E-state index in [-0.39, 0.29) is 18.5 Å². The van der Waals surface area contributed by atoms with E-state index in [1.807, 2.05) is 6.08 Å². The molecule has 0 fully saturated rings. The molecule has 444 valence electrons. The summed E-state index contributed by atoms with van der Waals surface area (Å²) in [5, 5.41) is 23.0. The lowest BCUT2D eigenvalue weighted by molar-refractivity contribution is -0.143. The van der Waals surface area contributed by atoms with Crippen LogP contribution < -0.4 is 5.32 Å². The number of allylic oxidation sites excluding steroid dienone is 3. The predicted molar refractivity (Wildman–Crippen MR) is 329 cm³/mol. The molecule has 3 N–H and O–H groups in total. The third kappa shape index (κ3) is 61.4. The Hall–Kier alpha value is -1.66. The van der Waals surface area contributed by atoms with Crippen LogP contribution in [0.4, 0.5) is 0 Å². The van der Waals surface area contributed by atoms with E-state index < -0.39 is 12.1 Å². The van der Waals surface area contributed by atoms with Gasteiger partial charge in [-0.05, 0) is 57.8 Å². The van der Waals surface area contributed by atoms with Gasteiger partial charge in [0.2, 0.25) is 5.91 Å². The van der Waals surface area contributed by atoms with Crippen LogP contribution in [0.2, 0.25) is 0 Å². The van der Waals surface area contributed by atoms with E-state index in [2.05, 4.69) is 31.3 Å². The maximum absolute atomic E-state index is 12.4. The summed E-state index contributed by atoms with van der Waals surface area (Å²) in [5.41, 5.74) is 0. The van der Waals surface area contributed by atoms with Gasteiger partial charge < -0.3 is 20.3 Å². The van der Waals surface area contributed by atoms with Crippen LogP contribution in [-0.4, -0.2) is 47.4 Å². The van der Waals surface area contributed by atoms with Crippen molar-refractivity contribution in [1.29, 1.82) is 0 Å². The number of amides is 1. The summed E-state index contributed by atoms with van der Waals surface area (Å²) in [4.78, 5) is 24.5. The van der Waals surface area contributed by atoms with Gasteiger partial charge >= 0.3 is 5.97 Å². The Bertz CT molecular complexity index is 1170. The molecular formula is C69H133NO5. The molecule has 0 aliphatic carbocycles. The number of hydrogen-bond donors (Lipinski definition) is 3. The molecule has 0 aliphatic heterocycles. The maximum atomic E-state index is 12.4. The third-order valence-corrected chi connectivity index (χ3v) is 16.0. The van der Waals surface area contributed by atoms with Crippen molar-refractivity contribution in [2.24, 2.45) is 0 Å². The molecule has 1 amide bonds. The lowest BCUT2D eigenvalue weighted by Gasteiger charge is -2.20. The predicted octanol–water partition coefficient (Wildman–Crippen LogP) is 21.8. The Morgan fingerprint density at radius 2 is 0.627 bits per heavy atom. The van der Waals surface area contributed by atoms with Crippen LogP contribution in [0.15, 0.2) is 24.3 Å². The number of aliphatic hydroxyl groups is 2. The van der Waals surface area contributed by atoms with Crippen LogP contribution in [0.1, 0.15) is 380 Å². The van der Waals surface area contributed by atoms with Gasteiger partial charge in [-0.15, -0.1) is 0 Å². The molecule has 6 nitrogen and oxygen atoms in total. The van der Waals surface area contributed by atoms with Gasteiger partial charge in [-0.25, -0.2) is 0 Å². The van der Waals surface area contributed by atoms with Crippen molar-refractivity contribution in [2.45, 2.75) is 392 Å². The second kappa shape index (κ2) is 64.9. The highest BCUT2D eigenvalue weighted by molar-refractivity contribution is 5.76. The number of ether oxygens (including phenoxy) is 1. The molecule has 0 saturated heterocycles. The van der Waals surface area contributed by atoms with Gasteiger partial charge in [0.05, 0.1) is 25.4 Å². The van der Waals surface area contributed by atoms with E-state index in [1.165, 1.54) is 315 Å². The zero-order valence-electron chi connectivity index (χ0n) is 50.8. The number of carbonyl (C=O) groups is 2. The topological polar surface area (TPSA) is 95.9 Å². The minimum Gasteiger partial charge on any atom is -0.466 e. The van der Waals surface area contributed by atoms with E-state index in [0.29, 0.717) is 19.4 Å². The van der Waals surface area contributed by atoms with Crippen molar-refractivity contribution in [3.05, 3.63) is 24.3 Å². The molecule has 0 aliphatic rings. The smallest absolute Gasteiger partial charge is 0.305 e. The molecule has 0 radical (unpaired) electrons. The minimum absolute atomic E-state index is 0.0192. The number of nitrogens with one attached hydrogen (secondary N) is 1. The standard InChI is InChI=1S/C69H133NO5/c1-3-5-7-9-11-13-15-16-17-18-30-34-37-40-43-47-51-55-59-63-69(74)75-64-60-56-52-48-44-41-38-35-32-29-27-25-23-21-19-20-22-24-26-28-31-33-36-39-42-46-50-54-58-62-68(73)70-66(65-71)67(72)61-57-53-49-45-14-12-10-8-6-4-2/h16-17,57,61,66-67,71-72H,3-15,18-56,58-60,62-65H2,1-2H3,(H,70,73)/b17-16-,61-57+. The molecule has 6 heteroatoms. The highest BCUT2D eigenvalue weighted by Crippen LogP contribution is 2.18. The summed E-state index contributed by atoms with van der Waals surface area (Å²) in [6.07, 6.45) is 81.2. The number of esters is 1. The van der Waals surface area contributed by atoms with Gasteiger partial charge in [0, 0.05) is 12.8 Å². The summed E-state index contributed by atoms with van der Waals surface area (Å²) >= 11 is 0. The molecule has 0 bridgehead atoms. The molecule has 2 unspecified atom stereocenters. The van der Waals surface area contributed by atoms with Gasteiger partial charge in [0.25, 0.3) is 0 Å². The summed E-state index contributed by atoms with van der Waals surface area (Å²) in [5.74, 6) is -0.0457. The van der Waals surface area contributed by atoms with Gasteiger partial charge in [-0.2, -0.15) is 0 Å². The lowest BCUT2D eigenvalue weighted by Crippen LogP contribution is -2.45. The Morgan fingerprint density at radius 1 is 0.360 bits per heavy atom. The summed E-state index contributed by atoms with van der Waals surface area (Å²) < 4.78 is 5.51. The van der Waals surface area contributed by atoms with Gasteiger partial charge in [-0.3, -0.25) is 9.59 Å². The molecular weight excluding hydrogens is 923 g/mol. The van der Waals surface area contributed by atoms with Gasteiger partial charge in [-0.1, -0.05) is 334 Å². The SMILES string of the molecule is CCCCCCCC/C=C\CCCCCCCCCCCC(=O)OCCCCCCCCCCCCCCCCCCCCCCCCCCCCCCCC(=O)NC(CO)C(O)/C=C/CCCCCCCCCC. The fraction of sp³-hybridized carbons (Fsp3) is 0.913. The van der Waals surface area contributed by atoms with Crippen LogP contribution in [-0.2, 0) is 14.3 Å². The number of hydrogen-bond acceptors (Lipinski definition) is 5. The summed E-state index contributed by atoms with van der Waals surface area (Å²) in [7, 11) is 0. The van der Waals surface area contributed by atoms with E-state index in [1.54, 1.807) is 6.08 Å². The Labute approximate surface area is 469 Å². The first kappa shape index (κ1) is 73.3. The third-order valence-electron chi connectivity index (χ3n) is 16.0. The first-order valence-corrected chi connectivity index (χ1v) is 34.1. The molecule has 0 aromatic rings. The van der Waals surface area contributed by atoms with Crippen molar-refractivity contribution in [2.75, 3.05) is 13.2 Å².